The van der Waals surface area contributed by atoms with Crippen molar-refractivity contribution >= 4 is 62.8 Å². The van der Waals surface area contributed by atoms with Crippen molar-refractivity contribution in [2.24, 2.45) is 12.5 Å². The lowest BCUT2D eigenvalue weighted by Gasteiger charge is -2.43. The number of hydrogen-bond donors (Lipinski definition) is 1. The van der Waals surface area contributed by atoms with Crippen LogP contribution in [0.1, 0.15) is 50.2 Å². The first-order valence-electron chi connectivity index (χ1n) is 13.0. The van der Waals surface area contributed by atoms with Gasteiger partial charge in [0.1, 0.15) is 15.6 Å². The van der Waals surface area contributed by atoms with E-state index in [9.17, 15) is 9.35 Å². The molecule has 6 rings (SSSR count). The molecule has 0 bridgehead atoms. The van der Waals surface area contributed by atoms with Gasteiger partial charge >= 0.3 is 0 Å². The number of anilines is 1. The largest absolute Gasteiger partial charge is 0.598 e. The van der Waals surface area contributed by atoms with Gasteiger partial charge in [0.2, 0.25) is 0 Å². The summed E-state index contributed by atoms with van der Waals surface area (Å²) in [4.78, 5) is 35.1. The van der Waals surface area contributed by atoms with Gasteiger partial charge in [-0.3, -0.25) is 4.79 Å². The summed E-state index contributed by atoms with van der Waals surface area (Å²) in [6, 6.07) is 3.70. The molecule has 2 atom stereocenters. The third kappa shape index (κ3) is 5.03. The van der Waals surface area contributed by atoms with E-state index in [1.54, 1.807) is 36.8 Å². The molecule has 4 aromatic rings. The van der Waals surface area contributed by atoms with Crippen LogP contribution in [0.4, 0.5) is 5.82 Å². The van der Waals surface area contributed by atoms with Gasteiger partial charge < -0.3 is 14.0 Å². The molecule has 1 fully saturated rings. The standard InChI is InChI=1S/C27H30ClN7O2S3/c1-26(2,3)40(37)33-24-23-17(32-15-38-23)11-27(24)7-9-35(10-8-27)19-12-30-20(13-29-19)39-18-6-5-16-21(22(18)28)25(36)34(4)14-31-16/h5-6,12-15,24,33H,7-11H2,1-4H3/t24-,40-/m1/s1. The summed E-state index contributed by atoms with van der Waals surface area (Å²) in [6.07, 6.45) is 7.84. The van der Waals surface area contributed by atoms with Gasteiger partial charge in [-0.2, -0.15) is 0 Å². The van der Waals surface area contributed by atoms with Gasteiger partial charge in [-0.15, -0.1) is 16.1 Å². The molecule has 1 spiro atoms. The Kier molecular flexibility index (Phi) is 7.37. The molecule has 1 aromatic carbocycles. The third-order valence-corrected chi connectivity index (χ3v) is 11.7. The summed E-state index contributed by atoms with van der Waals surface area (Å²) in [6.45, 7) is 7.68. The Morgan fingerprint density at radius 3 is 2.65 bits per heavy atom. The van der Waals surface area contributed by atoms with E-state index in [1.807, 2.05) is 32.3 Å². The van der Waals surface area contributed by atoms with E-state index in [0.717, 1.165) is 48.8 Å². The highest BCUT2D eigenvalue weighted by Crippen LogP contribution is 2.53. The van der Waals surface area contributed by atoms with Gasteiger partial charge in [0.25, 0.3) is 5.56 Å². The summed E-state index contributed by atoms with van der Waals surface area (Å²) in [5.41, 5.74) is 3.42. The lowest BCUT2D eigenvalue weighted by atomic mass is 9.74. The zero-order valence-corrected chi connectivity index (χ0v) is 25.9. The van der Waals surface area contributed by atoms with Crippen LogP contribution >= 0.6 is 34.7 Å². The van der Waals surface area contributed by atoms with Crippen molar-refractivity contribution in [2.45, 2.75) is 60.7 Å². The fourth-order valence-electron chi connectivity index (χ4n) is 5.42. The molecule has 4 heterocycles. The summed E-state index contributed by atoms with van der Waals surface area (Å²) in [5.74, 6) is 0.829. The van der Waals surface area contributed by atoms with Gasteiger partial charge in [0.15, 0.2) is 0 Å². The van der Waals surface area contributed by atoms with E-state index >= 15 is 0 Å². The number of nitrogens with zero attached hydrogens (tertiary/aromatic N) is 6. The number of rotatable bonds is 5. The SMILES string of the molecule is Cn1cnc2ccc(Sc3cnc(N4CCC5(CC4)Cc4ncsc4[C@H]5N[S@+]([O-])C(C)(C)C)cn3)c(Cl)c2c1=O. The number of thiazole rings is 1. The maximum absolute atomic E-state index is 13.1. The second-order valence-electron chi connectivity index (χ2n) is 11.4. The summed E-state index contributed by atoms with van der Waals surface area (Å²) in [5, 5.41) is 1.47. The highest BCUT2D eigenvalue weighted by atomic mass is 35.5. The average Bonchev–Trinajstić information content (AvgIpc) is 3.48. The number of aromatic nitrogens is 5. The maximum atomic E-state index is 13.1. The van der Waals surface area contributed by atoms with Crippen LogP contribution in [0.15, 0.2) is 51.1 Å². The second kappa shape index (κ2) is 10.6. The van der Waals surface area contributed by atoms with Crippen LogP contribution < -0.4 is 15.2 Å². The number of benzene rings is 1. The monoisotopic (exact) mass is 615 g/mol. The van der Waals surface area contributed by atoms with Crippen molar-refractivity contribution in [3.05, 3.63) is 62.3 Å². The molecule has 2 aliphatic rings. The molecule has 0 saturated carbocycles. The Hall–Kier alpha value is -2.22. The van der Waals surface area contributed by atoms with E-state index in [1.165, 1.54) is 27.5 Å². The predicted molar refractivity (Wildman–Crippen MR) is 162 cm³/mol. The Balaban J connectivity index is 1.16. The molecule has 40 heavy (non-hydrogen) atoms. The maximum Gasteiger partial charge on any atom is 0.262 e. The van der Waals surface area contributed by atoms with Crippen molar-refractivity contribution in [1.82, 2.24) is 29.2 Å². The molecule has 3 aromatic heterocycles. The number of hydrogen-bond acceptors (Lipinski definition) is 10. The molecule has 13 heteroatoms. The Morgan fingerprint density at radius 1 is 1.18 bits per heavy atom. The number of fused-ring (bicyclic) bond motifs is 2. The van der Waals surface area contributed by atoms with Crippen LogP contribution in [-0.4, -0.2) is 46.9 Å². The van der Waals surface area contributed by atoms with Crippen molar-refractivity contribution in [3.63, 3.8) is 0 Å². The molecule has 210 valence electrons. The van der Waals surface area contributed by atoms with E-state index in [4.69, 9.17) is 16.6 Å². The first kappa shape index (κ1) is 27.9. The molecule has 1 saturated heterocycles. The number of halogens is 1. The quantitative estimate of drug-likeness (QED) is 0.313. The van der Waals surface area contributed by atoms with Crippen LogP contribution in [0.2, 0.25) is 5.02 Å². The van der Waals surface area contributed by atoms with Crippen LogP contribution in [-0.2, 0) is 24.8 Å². The molecule has 9 nitrogen and oxygen atoms in total. The fraction of sp³-hybridized carbons (Fsp3) is 0.444. The topological polar surface area (TPSA) is 112 Å². The van der Waals surface area contributed by atoms with E-state index in [2.05, 4.69) is 24.6 Å². The average molecular weight is 616 g/mol. The zero-order chi connectivity index (χ0) is 28.2. The van der Waals surface area contributed by atoms with Crippen molar-refractivity contribution in [1.29, 1.82) is 0 Å². The van der Waals surface area contributed by atoms with Crippen molar-refractivity contribution < 1.29 is 4.55 Å². The Morgan fingerprint density at radius 2 is 1.95 bits per heavy atom. The van der Waals surface area contributed by atoms with Gasteiger partial charge in [-0.05, 0) is 52.2 Å². The lowest BCUT2D eigenvalue weighted by Crippen LogP contribution is -2.49. The highest BCUT2D eigenvalue weighted by Gasteiger charge is 2.52. The summed E-state index contributed by atoms with van der Waals surface area (Å²) in [7, 11) is 1.66. The van der Waals surface area contributed by atoms with Gasteiger partial charge in [-0.25, -0.2) is 19.9 Å². The number of piperidine rings is 1. The predicted octanol–water partition coefficient (Wildman–Crippen LogP) is 4.92. The van der Waals surface area contributed by atoms with E-state index < -0.39 is 11.4 Å². The first-order chi connectivity index (χ1) is 19.1. The van der Waals surface area contributed by atoms with Gasteiger partial charge in [0, 0.05) is 46.7 Å². The van der Waals surface area contributed by atoms with Crippen molar-refractivity contribution in [3.8, 4) is 0 Å². The molecular weight excluding hydrogens is 586 g/mol. The smallest absolute Gasteiger partial charge is 0.262 e. The second-order valence-corrected chi connectivity index (χ2v) is 15.7. The minimum absolute atomic E-state index is 0.00515. The number of nitrogens with one attached hydrogen (secondary N) is 1. The van der Waals surface area contributed by atoms with Gasteiger partial charge in [-0.1, -0.05) is 23.4 Å². The molecule has 1 aliphatic carbocycles. The first-order valence-corrected chi connectivity index (χ1v) is 16.3. The van der Waals surface area contributed by atoms with Crippen LogP contribution in [0, 0.1) is 5.41 Å². The lowest BCUT2D eigenvalue weighted by molar-refractivity contribution is 0.176. The highest BCUT2D eigenvalue weighted by molar-refractivity contribution is 7.99. The Labute approximate surface area is 249 Å². The van der Waals surface area contributed by atoms with Crippen LogP contribution in [0.25, 0.3) is 10.9 Å². The van der Waals surface area contributed by atoms with E-state index in [-0.39, 0.29) is 21.8 Å². The van der Waals surface area contributed by atoms with Crippen LogP contribution in [0.5, 0.6) is 0 Å². The van der Waals surface area contributed by atoms with Gasteiger partial charge in [0.05, 0.1) is 51.9 Å². The summed E-state index contributed by atoms with van der Waals surface area (Å²) < 4.78 is 17.6. The fourth-order valence-corrected chi connectivity index (χ4v) is 8.55. The number of aryl methyl sites for hydroxylation is 1. The molecule has 0 radical (unpaired) electrons. The molecule has 1 N–H and O–H groups in total. The molecule has 0 unspecified atom stereocenters. The molecular formula is C27H30ClN7O2S3. The van der Waals surface area contributed by atoms with Crippen molar-refractivity contribution in [2.75, 3.05) is 18.0 Å². The summed E-state index contributed by atoms with van der Waals surface area (Å²) >= 11 is 8.49. The minimum Gasteiger partial charge on any atom is -0.598 e. The zero-order valence-electron chi connectivity index (χ0n) is 22.7. The normalized spacial score (nSPS) is 19.4. The third-order valence-electron chi connectivity index (χ3n) is 7.75. The minimum atomic E-state index is -1.16. The van der Waals surface area contributed by atoms with Crippen LogP contribution in [0.3, 0.4) is 0 Å². The molecule has 1 aliphatic heterocycles. The molecule has 0 amide bonds. The van der Waals surface area contributed by atoms with E-state index in [0.29, 0.717) is 21.0 Å². The Bertz CT molecular complexity index is 1610.